The summed E-state index contributed by atoms with van der Waals surface area (Å²) in [7, 11) is 2.01. The van der Waals surface area contributed by atoms with Crippen LogP contribution in [0.4, 0.5) is 4.39 Å². The average Bonchev–Trinajstić information content (AvgIpc) is 3.17. The fourth-order valence-electron chi connectivity index (χ4n) is 3.81. The van der Waals surface area contributed by atoms with E-state index < -0.39 is 0 Å². The SMILES string of the molecule is CCn1cc(CN2CCC3(CC2)CC(N(C)CCF)CO3)cn1. The van der Waals surface area contributed by atoms with E-state index in [1.807, 2.05) is 17.9 Å². The lowest BCUT2D eigenvalue weighted by atomic mass is 9.87. The lowest BCUT2D eigenvalue weighted by Gasteiger charge is -2.38. The van der Waals surface area contributed by atoms with Crippen LogP contribution in [-0.2, 0) is 17.8 Å². The number of alkyl halides is 1. The predicted molar refractivity (Wildman–Crippen MR) is 88.1 cm³/mol. The van der Waals surface area contributed by atoms with Gasteiger partial charge in [0.2, 0.25) is 0 Å². The van der Waals surface area contributed by atoms with Crippen LogP contribution in [0.1, 0.15) is 31.7 Å². The summed E-state index contributed by atoms with van der Waals surface area (Å²) in [5.74, 6) is 0. The Hall–Kier alpha value is -0.980. The minimum absolute atomic E-state index is 0.0271. The second-order valence-electron chi connectivity index (χ2n) is 7.00. The summed E-state index contributed by atoms with van der Waals surface area (Å²) >= 11 is 0. The zero-order valence-corrected chi connectivity index (χ0v) is 14.4. The van der Waals surface area contributed by atoms with Crippen LogP contribution in [0.25, 0.3) is 0 Å². The van der Waals surface area contributed by atoms with Crippen LogP contribution in [-0.4, -0.2) is 71.2 Å². The maximum Gasteiger partial charge on any atom is 0.102 e. The zero-order chi connectivity index (χ0) is 16.3. The molecule has 1 unspecified atom stereocenters. The molecule has 23 heavy (non-hydrogen) atoms. The fourth-order valence-corrected chi connectivity index (χ4v) is 3.81. The molecular formula is C17H29FN4O. The fraction of sp³-hybridized carbons (Fsp3) is 0.824. The molecule has 0 aliphatic carbocycles. The van der Waals surface area contributed by atoms with Crippen molar-refractivity contribution in [2.75, 3.05) is 40.0 Å². The molecule has 0 aromatic carbocycles. The third-order valence-electron chi connectivity index (χ3n) is 5.43. The molecular weight excluding hydrogens is 295 g/mol. The summed E-state index contributed by atoms with van der Waals surface area (Å²) in [4.78, 5) is 4.60. The van der Waals surface area contributed by atoms with E-state index in [2.05, 4.69) is 28.0 Å². The topological polar surface area (TPSA) is 33.5 Å². The first-order valence-electron chi connectivity index (χ1n) is 8.78. The Morgan fingerprint density at radius 2 is 2.22 bits per heavy atom. The molecule has 1 spiro atoms. The van der Waals surface area contributed by atoms with Crippen LogP contribution in [0.2, 0.25) is 0 Å². The van der Waals surface area contributed by atoms with E-state index in [0.29, 0.717) is 12.6 Å². The number of likely N-dealkylation sites (tertiary alicyclic amines) is 1. The lowest BCUT2D eigenvalue weighted by molar-refractivity contribution is -0.0452. The number of aromatic nitrogens is 2. The highest BCUT2D eigenvalue weighted by Gasteiger charge is 2.43. The summed E-state index contributed by atoms with van der Waals surface area (Å²) in [5, 5.41) is 4.35. The summed E-state index contributed by atoms with van der Waals surface area (Å²) in [6.07, 6.45) is 7.31. The Labute approximate surface area is 138 Å². The Balaban J connectivity index is 1.48. The van der Waals surface area contributed by atoms with E-state index in [0.717, 1.165) is 52.0 Å². The van der Waals surface area contributed by atoms with Gasteiger partial charge < -0.3 is 4.74 Å². The first kappa shape index (κ1) is 16.9. The summed E-state index contributed by atoms with van der Waals surface area (Å²) in [6, 6.07) is 0.375. The third kappa shape index (κ3) is 3.92. The van der Waals surface area contributed by atoms with Crippen molar-refractivity contribution in [1.29, 1.82) is 0 Å². The maximum absolute atomic E-state index is 12.5. The first-order chi connectivity index (χ1) is 11.1. The van der Waals surface area contributed by atoms with Crippen molar-refractivity contribution >= 4 is 0 Å². The molecule has 2 fully saturated rings. The van der Waals surface area contributed by atoms with Gasteiger partial charge in [0.1, 0.15) is 6.67 Å². The number of halogens is 1. The van der Waals surface area contributed by atoms with Gasteiger partial charge in [0.15, 0.2) is 0 Å². The van der Waals surface area contributed by atoms with Gasteiger partial charge in [-0.05, 0) is 33.2 Å². The Morgan fingerprint density at radius 3 is 2.87 bits per heavy atom. The number of likely N-dealkylation sites (N-methyl/N-ethyl adjacent to an activating group) is 1. The summed E-state index contributed by atoms with van der Waals surface area (Å²) in [6.45, 7) is 7.12. The largest absolute Gasteiger partial charge is 0.373 e. The van der Waals surface area contributed by atoms with Crippen molar-refractivity contribution < 1.29 is 9.13 Å². The van der Waals surface area contributed by atoms with Gasteiger partial charge in [-0.2, -0.15) is 5.10 Å². The molecule has 3 heterocycles. The summed E-state index contributed by atoms with van der Waals surface area (Å²) < 4.78 is 20.7. The average molecular weight is 324 g/mol. The van der Waals surface area contributed by atoms with E-state index in [9.17, 15) is 4.39 Å². The van der Waals surface area contributed by atoms with Gasteiger partial charge in [0.25, 0.3) is 0 Å². The van der Waals surface area contributed by atoms with Gasteiger partial charge in [-0.25, -0.2) is 4.39 Å². The van der Waals surface area contributed by atoms with Crippen LogP contribution < -0.4 is 0 Å². The summed E-state index contributed by atoms with van der Waals surface area (Å²) in [5.41, 5.74) is 1.31. The molecule has 6 heteroatoms. The zero-order valence-electron chi connectivity index (χ0n) is 14.4. The highest BCUT2D eigenvalue weighted by Crippen LogP contribution is 2.37. The van der Waals surface area contributed by atoms with Crippen LogP contribution in [0, 0.1) is 0 Å². The standard InChI is InChI=1S/C17H29FN4O/c1-3-22-13-15(11-19-22)12-21-7-4-17(5-8-21)10-16(14-23-17)20(2)9-6-18/h11,13,16H,3-10,12,14H2,1-2H3. The van der Waals surface area contributed by atoms with E-state index in [-0.39, 0.29) is 12.3 Å². The molecule has 5 nitrogen and oxygen atoms in total. The van der Waals surface area contributed by atoms with Crippen LogP contribution in [0.15, 0.2) is 12.4 Å². The van der Waals surface area contributed by atoms with Crippen molar-refractivity contribution in [1.82, 2.24) is 19.6 Å². The first-order valence-corrected chi connectivity index (χ1v) is 8.78. The van der Waals surface area contributed by atoms with Crippen LogP contribution in [0.3, 0.4) is 0 Å². The number of piperidine rings is 1. The van der Waals surface area contributed by atoms with Gasteiger partial charge in [0, 0.05) is 50.5 Å². The van der Waals surface area contributed by atoms with Crippen LogP contribution in [0.5, 0.6) is 0 Å². The van der Waals surface area contributed by atoms with Gasteiger partial charge >= 0.3 is 0 Å². The van der Waals surface area contributed by atoms with E-state index in [4.69, 9.17) is 4.74 Å². The second kappa shape index (κ2) is 7.28. The van der Waals surface area contributed by atoms with Crippen molar-refractivity contribution in [3.8, 4) is 0 Å². The Morgan fingerprint density at radius 1 is 1.43 bits per heavy atom. The third-order valence-corrected chi connectivity index (χ3v) is 5.43. The number of aryl methyl sites for hydroxylation is 1. The van der Waals surface area contributed by atoms with Gasteiger partial charge in [-0.15, -0.1) is 0 Å². The highest BCUT2D eigenvalue weighted by atomic mass is 19.1. The molecule has 130 valence electrons. The molecule has 0 amide bonds. The molecule has 0 bridgehead atoms. The van der Waals surface area contributed by atoms with Gasteiger partial charge in [0.05, 0.1) is 18.4 Å². The number of rotatable bonds is 6. The molecule has 0 N–H and O–H groups in total. The van der Waals surface area contributed by atoms with Crippen molar-refractivity contribution in [2.45, 2.75) is 50.9 Å². The molecule has 1 aromatic rings. The minimum atomic E-state index is -0.279. The number of hydrogen-bond donors (Lipinski definition) is 0. The van der Waals surface area contributed by atoms with E-state index in [1.165, 1.54) is 5.56 Å². The molecule has 2 aliphatic heterocycles. The normalized spacial score (nSPS) is 24.8. The van der Waals surface area contributed by atoms with Gasteiger partial charge in [-0.3, -0.25) is 14.5 Å². The molecule has 1 atom stereocenters. The molecule has 0 saturated carbocycles. The Kier molecular flexibility index (Phi) is 5.34. The van der Waals surface area contributed by atoms with Gasteiger partial charge in [-0.1, -0.05) is 0 Å². The monoisotopic (exact) mass is 324 g/mol. The molecule has 3 rings (SSSR count). The quantitative estimate of drug-likeness (QED) is 0.801. The molecule has 2 aliphatic rings. The molecule has 1 aromatic heterocycles. The van der Waals surface area contributed by atoms with E-state index >= 15 is 0 Å². The maximum atomic E-state index is 12.5. The van der Waals surface area contributed by atoms with Crippen molar-refractivity contribution in [3.63, 3.8) is 0 Å². The number of nitrogens with zero attached hydrogens (tertiary/aromatic N) is 4. The van der Waals surface area contributed by atoms with E-state index in [1.54, 1.807) is 0 Å². The van der Waals surface area contributed by atoms with Crippen molar-refractivity contribution in [2.24, 2.45) is 0 Å². The predicted octanol–water partition coefficient (Wildman–Crippen LogP) is 1.93. The van der Waals surface area contributed by atoms with Crippen molar-refractivity contribution in [3.05, 3.63) is 18.0 Å². The molecule has 2 saturated heterocycles. The highest BCUT2D eigenvalue weighted by molar-refractivity contribution is 5.05. The Bertz CT molecular complexity index is 499. The lowest BCUT2D eigenvalue weighted by Crippen LogP contribution is -2.44. The smallest absolute Gasteiger partial charge is 0.102 e. The number of hydrogen-bond acceptors (Lipinski definition) is 4. The minimum Gasteiger partial charge on any atom is -0.373 e. The number of ether oxygens (including phenoxy) is 1. The molecule has 0 radical (unpaired) electrons. The van der Waals surface area contributed by atoms with Crippen LogP contribution >= 0.6 is 0 Å². The second-order valence-corrected chi connectivity index (χ2v) is 7.00.